The second-order valence-corrected chi connectivity index (χ2v) is 11.8. The smallest absolute Gasteiger partial charge is 0.338 e. The third-order valence-electron chi connectivity index (χ3n) is 6.38. The highest BCUT2D eigenvalue weighted by atomic mass is 35.6. The summed E-state index contributed by atoms with van der Waals surface area (Å²) in [6.07, 6.45) is -5.67. The zero-order valence-corrected chi connectivity index (χ0v) is 25.8. The Balaban J connectivity index is 1.72. The first-order valence-electron chi connectivity index (χ1n) is 13.5. The van der Waals surface area contributed by atoms with Crippen LogP contribution in [0.15, 0.2) is 104 Å². The van der Waals surface area contributed by atoms with Gasteiger partial charge in [0.1, 0.15) is 18.8 Å². The van der Waals surface area contributed by atoms with E-state index in [0.717, 1.165) is 0 Å². The van der Waals surface area contributed by atoms with Crippen LogP contribution in [0.1, 0.15) is 31.1 Å². The molecule has 0 amide bonds. The van der Waals surface area contributed by atoms with E-state index in [1.807, 2.05) is 0 Å². The van der Waals surface area contributed by atoms with Crippen LogP contribution in [0.4, 0.5) is 0 Å². The molecule has 3 aromatic rings. The summed E-state index contributed by atoms with van der Waals surface area (Å²) in [5.41, 5.74) is 0.632. The van der Waals surface area contributed by atoms with Gasteiger partial charge in [-0.15, -0.1) is 6.58 Å². The normalized spacial score (nSPS) is 21.2. The highest BCUT2D eigenvalue weighted by molar-refractivity contribution is 6.76. The van der Waals surface area contributed by atoms with E-state index in [9.17, 15) is 14.4 Å². The Hall–Kier alpha value is -3.93. The molecule has 3 aromatic carbocycles. The number of hydrogen-bond acceptors (Lipinski definition) is 10. The molecular weight excluding hydrogens is 649 g/mol. The van der Waals surface area contributed by atoms with Crippen LogP contribution >= 0.6 is 34.8 Å². The van der Waals surface area contributed by atoms with Crippen LogP contribution in [0.3, 0.4) is 0 Å². The third-order valence-corrected chi connectivity index (χ3v) is 6.90. The molecule has 5 atom stereocenters. The van der Waals surface area contributed by atoms with Gasteiger partial charge in [-0.05, 0) is 36.4 Å². The standard InChI is InChI=1S/C32H28Cl3NO9/c1-2-18-40-25-24(43-28(38)21-14-8-4-9-15-21)23(19-41-27(37)20-12-6-3-7-13-20)42-30(45-31(36)32(33,34)35)26(25)44-29(39)22-16-10-5-11-17-22/h2-17,23-26,30,36H,1,18-19H2/t23-,24-,25+,26-,30-/m1/s1. The summed E-state index contributed by atoms with van der Waals surface area (Å²) >= 11 is 17.6. The number of carbonyl (C=O) groups is 3. The first kappa shape index (κ1) is 34.0. The lowest BCUT2D eigenvalue weighted by molar-refractivity contribution is -0.286. The van der Waals surface area contributed by atoms with Gasteiger partial charge < -0.3 is 28.4 Å². The fraction of sp³-hybridized carbons (Fsp3) is 0.250. The summed E-state index contributed by atoms with van der Waals surface area (Å²) in [5.74, 6) is -3.13. The van der Waals surface area contributed by atoms with E-state index in [-0.39, 0.29) is 23.3 Å². The van der Waals surface area contributed by atoms with E-state index in [4.69, 9.17) is 68.6 Å². The minimum absolute atomic E-state index is 0.103. The predicted octanol–water partition coefficient (Wildman–Crippen LogP) is 5.95. The lowest BCUT2D eigenvalue weighted by Crippen LogP contribution is -2.63. The monoisotopic (exact) mass is 675 g/mol. The fourth-order valence-corrected chi connectivity index (χ4v) is 4.41. The van der Waals surface area contributed by atoms with Gasteiger partial charge in [-0.25, -0.2) is 14.4 Å². The predicted molar refractivity (Wildman–Crippen MR) is 166 cm³/mol. The van der Waals surface area contributed by atoms with Gasteiger partial charge >= 0.3 is 17.9 Å². The Morgan fingerprint density at radius 3 is 1.67 bits per heavy atom. The van der Waals surface area contributed by atoms with E-state index in [1.54, 1.807) is 66.7 Å². The summed E-state index contributed by atoms with van der Waals surface area (Å²) in [4.78, 5) is 39.4. The van der Waals surface area contributed by atoms with Crippen molar-refractivity contribution in [1.82, 2.24) is 0 Å². The second-order valence-electron chi connectivity index (χ2n) is 9.51. The maximum absolute atomic E-state index is 13.3. The lowest BCUT2D eigenvalue weighted by Gasteiger charge is -2.44. The number of benzene rings is 3. The van der Waals surface area contributed by atoms with Crippen LogP contribution in [0, 0.1) is 5.41 Å². The van der Waals surface area contributed by atoms with Crippen LogP contribution in [0.5, 0.6) is 0 Å². The minimum Gasteiger partial charge on any atom is -0.459 e. The van der Waals surface area contributed by atoms with E-state index in [2.05, 4.69) is 6.58 Å². The molecule has 236 valence electrons. The molecule has 4 rings (SSSR count). The van der Waals surface area contributed by atoms with Crippen molar-refractivity contribution in [2.45, 2.75) is 34.5 Å². The maximum atomic E-state index is 13.3. The SMILES string of the molecule is C=CCO[C@@H]1[C@@H](OC(=O)c2ccccc2)[C@@H](OC(=N)C(Cl)(Cl)Cl)O[C@H](COC(=O)c2ccccc2)[C@H]1OC(=O)c1ccccc1. The van der Waals surface area contributed by atoms with Gasteiger partial charge in [-0.3, -0.25) is 5.41 Å². The highest BCUT2D eigenvalue weighted by Gasteiger charge is 2.53. The second kappa shape index (κ2) is 15.9. The van der Waals surface area contributed by atoms with E-state index in [0.29, 0.717) is 0 Å². The van der Waals surface area contributed by atoms with E-state index < -0.39 is 64.9 Å². The van der Waals surface area contributed by atoms with Crippen LogP contribution < -0.4 is 0 Å². The van der Waals surface area contributed by atoms with E-state index >= 15 is 0 Å². The number of hydrogen-bond donors (Lipinski definition) is 1. The molecule has 13 heteroatoms. The molecule has 0 spiro atoms. The summed E-state index contributed by atoms with van der Waals surface area (Å²) in [6.45, 7) is 3.09. The zero-order valence-electron chi connectivity index (χ0n) is 23.6. The van der Waals surface area contributed by atoms with Crippen molar-refractivity contribution < 1.29 is 42.8 Å². The molecule has 1 aliphatic heterocycles. The van der Waals surface area contributed by atoms with Crippen LogP contribution in [-0.2, 0) is 28.4 Å². The first-order chi connectivity index (χ1) is 21.6. The Bertz CT molecular complexity index is 1470. The van der Waals surface area contributed by atoms with Gasteiger partial charge in [0.2, 0.25) is 12.2 Å². The molecular formula is C32H28Cl3NO9. The Labute approximate surface area is 274 Å². The number of carbonyl (C=O) groups excluding carboxylic acids is 3. The zero-order chi connectivity index (χ0) is 32.4. The van der Waals surface area contributed by atoms with Gasteiger partial charge in [-0.1, -0.05) is 95.5 Å². The quantitative estimate of drug-likeness (QED) is 0.0654. The highest BCUT2D eigenvalue weighted by Crippen LogP contribution is 2.34. The number of halogens is 3. The molecule has 1 heterocycles. The summed E-state index contributed by atoms with van der Waals surface area (Å²) < 4.78 is 32.5. The van der Waals surface area contributed by atoms with Crippen molar-refractivity contribution in [2.24, 2.45) is 0 Å². The largest absolute Gasteiger partial charge is 0.459 e. The summed E-state index contributed by atoms with van der Waals surface area (Å²) in [6, 6.07) is 24.3. The van der Waals surface area contributed by atoms with Crippen molar-refractivity contribution in [3.8, 4) is 0 Å². The average molecular weight is 677 g/mol. The Kier molecular flexibility index (Phi) is 12.0. The first-order valence-corrected chi connectivity index (χ1v) is 14.7. The molecule has 1 aliphatic rings. The van der Waals surface area contributed by atoms with Crippen molar-refractivity contribution >= 4 is 58.6 Å². The molecule has 0 aromatic heterocycles. The topological polar surface area (TPSA) is 130 Å². The molecule has 1 saturated heterocycles. The molecule has 0 radical (unpaired) electrons. The van der Waals surface area contributed by atoms with Crippen LogP contribution in [0.25, 0.3) is 0 Å². The van der Waals surface area contributed by atoms with Crippen molar-refractivity contribution in [3.63, 3.8) is 0 Å². The number of alkyl halides is 3. The Morgan fingerprint density at radius 1 is 0.733 bits per heavy atom. The molecule has 0 aliphatic carbocycles. The third kappa shape index (κ3) is 9.29. The molecule has 0 unspecified atom stereocenters. The molecule has 1 fully saturated rings. The van der Waals surface area contributed by atoms with Crippen molar-refractivity contribution in [1.29, 1.82) is 5.41 Å². The van der Waals surface area contributed by atoms with Gasteiger partial charge in [-0.2, -0.15) is 0 Å². The summed E-state index contributed by atoms with van der Waals surface area (Å²) in [7, 11) is 0. The van der Waals surface area contributed by atoms with Crippen LogP contribution in [0.2, 0.25) is 0 Å². The van der Waals surface area contributed by atoms with Gasteiger partial charge in [0.15, 0.2) is 12.2 Å². The fourth-order valence-electron chi connectivity index (χ4n) is 4.27. The van der Waals surface area contributed by atoms with E-state index in [1.165, 1.54) is 30.3 Å². The average Bonchev–Trinajstić information content (AvgIpc) is 3.05. The maximum Gasteiger partial charge on any atom is 0.338 e. The number of nitrogens with one attached hydrogen (secondary N) is 1. The van der Waals surface area contributed by atoms with Crippen LogP contribution in [-0.4, -0.2) is 71.5 Å². The summed E-state index contributed by atoms with van der Waals surface area (Å²) in [5, 5.41) is 8.17. The molecule has 10 nitrogen and oxygen atoms in total. The molecule has 0 bridgehead atoms. The number of ether oxygens (including phenoxy) is 6. The number of esters is 3. The van der Waals surface area contributed by atoms with Crippen molar-refractivity contribution in [3.05, 3.63) is 120 Å². The molecule has 0 saturated carbocycles. The minimum atomic E-state index is -2.32. The lowest BCUT2D eigenvalue weighted by atomic mass is 9.97. The van der Waals surface area contributed by atoms with Gasteiger partial charge in [0, 0.05) is 0 Å². The van der Waals surface area contributed by atoms with Gasteiger partial charge in [0.05, 0.1) is 23.3 Å². The molecule has 45 heavy (non-hydrogen) atoms. The molecule has 1 N–H and O–H groups in total. The number of rotatable bonds is 11. The van der Waals surface area contributed by atoms with Gasteiger partial charge in [0.25, 0.3) is 3.79 Å². The Morgan fingerprint density at radius 2 is 1.20 bits per heavy atom. The van der Waals surface area contributed by atoms with Crippen molar-refractivity contribution in [2.75, 3.05) is 13.2 Å².